The molecule has 0 saturated heterocycles. The molecule has 0 radical (unpaired) electrons. The maximum atomic E-state index is 12.2. The first-order chi connectivity index (χ1) is 15.7. The van der Waals surface area contributed by atoms with E-state index in [-0.39, 0.29) is 18.5 Å². The third kappa shape index (κ3) is 6.00. The lowest BCUT2D eigenvalue weighted by Gasteiger charge is -2.28. The van der Waals surface area contributed by atoms with E-state index in [0.717, 1.165) is 10.9 Å². The number of esters is 2. The van der Waals surface area contributed by atoms with Crippen molar-refractivity contribution in [2.45, 2.75) is 39.5 Å². The number of benzene rings is 2. The fraction of sp³-hybridized carbons (Fsp3) is 0.346. The van der Waals surface area contributed by atoms with Gasteiger partial charge in [-0.05, 0) is 61.6 Å². The predicted molar refractivity (Wildman–Crippen MR) is 124 cm³/mol. The van der Waals surface area contributed by atoms with E-state index in [9.17, 15) is 14.4 Å². The fourth-order valence-electron chi connectivity index (χ4n) is 3.71. The van der Waals surface area contributed by atoms with Gasteiger partial charge in [-0.3, -0.25) is 4.79 Å². The summed E-state index contributed by atoms with van der Waals surface area (Å²) in [5.41, 5.74) is 0.403. The lowest BCUT2D eigenvalue weighted by molar-refractivity contribution is -0.152. The van der Waals surface area contributed by atoms with Crippen LogP contribution in [0.15, 0.2) is 63.8 Å². The number of carbonyl (C=O) groups excluding carboxylic acids is 2. The molecule has 2 unspecified atom stereocenters. The summed E-state index contributed by atoms with van der Waals surface area (Å²) < 4.78 is 20.9. The first kappa shape index (κ1) is 24.0. The van der Waals surface area contributed by atoms with E-state index in [4.69, 9.17) is 18.6 Å². The van der Waals surface area contributed by atoms with E-state index in [0.29, 0.717) is 29.9 Å². The van der Waals surface area contributed by atoms with Gasteiger partial charge in [0.1, 0.15) is 17.1 Å². The molecule has 0 aliphatic rings. The summed E-state index contributed by atoms with van der Waals surface area (Å²) in [7, 11) is 1.41. The van der Waals surface area contributed by atoms with Crippen LogP contribution in [-0.4, -0.2) is 25.7 Å². The van der Waals surface area contributed by atoms with Crippen molar-refractivity contribution in [1.29, 1.82) is 0 Å². The van der Waals surface area contributed by atoms with Crippen LogP contribution in [0.25, 0.3) is 11.0 Å². The average molecular weight is 453 g/mol. The van der Waals surface area contributed by atoms with E-state index in [1.807, 2.05) is 26.0 Å². The van der Waals surface area contributed by atoms with E-state index in [1.54, 1.807) is 36.4 Å². The molecule has 33 heavy (non-hydrogen) atoms. The number of hydrogen-bond acceptors (Lipinski definition) is 7. The summed E-state index contributed by atoms with van der Waals surface area (Å²) in [6.45, 7) is 5.64. The van der Waals surface area contributed by atoms with Crippen LogP contribution in [0.1, 0.15) is 45.1 Å². The minimum Gasteiger partial charge on any atom is -0.482 e. The highest BCUT2D eigenvalue weighted by atomic mass is 16.6. The van der Waals surface area contributed by atoms with Gasteiger partial charge in [-0.1, -0.05) is 26.0 Å². The van der Waals surface area contributed by atoms with Gasteiger partial charge in [-0.25, -0.2) is 9.59 Å². The summed E-state index contributed by atoms with van der Waals surface area (Å²) in [6.07, 6.45) is 1.33. The highest BCUT2D eigenvalue weighted by molar-refractivity contribution is 5.78. The highest BCUT2D eigenvalue weighted by Gasteiger charge is 2.34. The summed E-state index contributed by atoms with van der Waals surface area (Å²) in [6, 6.07) is 15.2. The standard InChI is InChI=1S/C26H28O7/c1-5-26(3,25(29)30-4)15-17(2)18-6-10-20(11-7-18)32-24(28)16-31-21-12-8-19-9-13-23(27)33-22(19)14-21/h6-14,17H,5,15-16H2,1-4H3. The van der Waals surface area contributed by atoms with Crippen LogP contribution in [0.5, 0.6) is 11.5 Å². The molecule has 0 N–H and O–H groups in total. The largest absolute Gasteiger partial charge is 0.482 e. The van der Waals surface area contributed by atoms with E-state index in [2.05, 4.69) is 6.92 Å². The molecule has 1 aromatic heterocycles. The van der Waals surface area contributed by atoms with Gasteiger partial charge in [0.25, 0.3) is 0 Å². The first-order valence-electron chi connectivity index (χ1n) is 10.8. The van der Waals surface area contributed by atoms with Crippen LogP contribution >= 0.6 is 0 Å². The summed E-state index contributed by atoms with van der Waals surface area (Å²) >= 11 is 0. The molecule has 3 aromatic rings. The molecule has 0 spiro atoms. The molecular formula is C26H28O7. The Bertz CT molecular complexity index is 1180. The fourth-order valence-corrected chi connectivity index (χ4v) is 3.71. The molecule has 174 valence electrons. The van der Waals surface area contributed by atoms with Crippen LogP contribution in [0.3, 0.4) is 0 Å². The van der Waals surface area contributed by atoms with Gasteiger partial charge in [-0.15, -0.1) is 0 Å². The number of methoxy groups -OCH3 is 1. The van der Waals surface area contributed by atoms with Gasteiger partial charge in [-0.2, -0.15) is 0 Å². The first-order valence-corrected chi connectivity index (χ1v) is 10.8. The Morgan fingerprint density at radius 1 is 1.03 bits per heavy atom. The van der Waals surface area contributed by atoms with Gasteiger partial charge >= 0.3 is 17.6 Å². The molecule has 3 rings (SSSR count). The number of carbonyl (C=O) groups is 2. The monoisotopic (exact) mass is 452 g/mol. The van der Waals surface area contributed by atoms with Gasteiger partial charge in [0.05, 0.1) is 12.5 Å². The summed E-state index contributed by atoms with van der Waals surface area (Å²) in [4.78, 5) is 35.7. The Kier molecular flexibility index (Phi) is 7.53. The average Bonchev–Trinajstić information content (AvgIpc) is 2.82. The normalized spacial score (nSPS) is 13.7. The van der Waals surface area contributed by atoms with Crippen LogP contribution in [0.4, 0.5) is 0 Å². The van der Waals surface area contributed by atoms with E-state index < -0.39 is 17.0 Å². The Hall–Kier alpha value is -3.61. The van der Waals surface area contributed by atoms with E-state index >= 15 is 0 Å². The second-order valence-corrected chi connectivity index (χ2v) is 8.30. The van der Waals surface area contributed by atoms with Crippen LogP contribution < -0.4 is 15.1 Å². The number of hydrogen-bond donors (Lipinski definition) is 0. The van der Waals surface area contributed by atoms with Gasteiger partial charge in [0.2, 0.25) is 0 Å². The predicted octanol–water partition coefficient (Wildman–Crippen LogP) is 4.86. The summed E-state index contributed by atoms with van der Waals surface area (Å²) in [5, 5.41) is 0.754. The lowest BCUT2D eigenvalue weighted by Crippen LogP contribution is -2.30. The van der Waals surface area contributed by atoms with Gasteiger partial charge in [0, 0.05) is 17.5 Å². The molecule has 0 aliphatic heterocycles. The Labute approximate surface area is 192 Å². The van der Waals surface area contributed by atoms with Crippen LogP contribution in [-0.2, 0) is 14.3 Å². The maximum absolute atomic E-state index is 12.2. The topological polar surface area (TPSA) is 92.0 Å². The molecule has 0 amide bonds. The second-order valence-electron chi connectivity index (χ2n) is 8.30. The maximum Gasteiger partial charge on any atom is 0.349 e. The Balaban J connectivity index is 1.56. The third-order valence-corrected chi connectivity index (χ3v) is 5.85. The molecule has 0 bridgehead atoms. The van der Waals surface area contributed by atoms with Crippen molar-refractivity contribution in [3.63, 3.8) is 0 Å². The molecular weight excluding hydrogens is 424 g/mol. The molecule has 0 saturated carbocycles. The lowest BCUT2D eigenvalue weighted by atomic mass is 9.77. The Morgan fingerprint density at radius 3 is 2.36 bits per heavy atom. The zero-order valence-corrected chi connectivity index (χ0v) is 19.3. The molecule has 1 heterocycles. The van der Waals surface area contributed by atoms with Crippen molar-refractivity contribution in [2.24, 2.45) is 5.41 Å². The van der Waals surface area contributed by atoms with Crippen molar-refractivity contribution in [1.82, 2.24) is 0 Å². The molecule has 0 fully saturated rings. The zero-order chi connectivity index (χ0) is 24.0. The highest BCUT2D eigenvalue weighted by Crippen LogP contribution is 2.36. The third-order valence-electron chi connectivity index (χ3n) is 5.85. The van der Waals surface area contributed by atoms with E-state index in [1.165, 1.54) is 13.2 Å². The minimum absolute atomic E-state index is 0.120. The quantitative estimate of drug-likeness (QED) is 0.260. The molecule has 7 heteroatoms. The van der Waals surface area contributed by atoms with Gasteiger partial charge in [0.15, 0.2) is 6.61 Å². The van der Waals surface area contributed by atoms with Crippen molar-refractivity contribution in [2.75, 3.05) is 13.7 Å². The van der Waals surface area contributed by atoms with Crippen LogP contribution in [0.2, 0.25) is 0 Å². The number of rotatable bonds is 9. The van der Waals surface area contributed by atoms with Crippen molar-refractivity contribution in [3.8, 4) is 11.5 Å². The van der Waals surface area contributed by atoms with Gasteiger partial charge < -0.3 is 18.6 Å². The summed E-state index contributed by atoms with van der Waals surface area (Å²) in [5.74, 6) is 0.138. The SMILES string of the molecule is CCC(C)(CC(C)c1ccc(OC(=O)COc2ccc3ccc(=O)oc3c2)cc1)C(=O)OC. The smallest absolute Gasteiger partial charge is 0.349 e. The molecule has 0 aliphatic carbocycles. The zero-order valence-electron chi connectivity index (χ0n) is 19.3. The van der Waals surface area contributed by atoms with Crippen molar-refractivity contribution < 1.29 is 28.2 Å². The molecule has 7 nitrogen and oxygen atoms in total. The van der Waals surface area contributed by atoms with Crippen LogP contribution in [0, 0.1) is 5.41 Å². The Morgan fingerprint density at radius 2 is 1.70 bits per heavy atom. The second kappa shape index (κ2) is 10.3. The van der Waals surface area contributed by atoms with Crippen molar-refractivity contribution in [3.05, 3.63) is 70.6 Å². The number of fused-ring (bicyclic) bond motifs is 1. The molecule has 2 aromatic carbocycles. The van der Waals surface area contributed by atoms with Crippen molar-refractivity contribution >= 4 is 22.9 Å². The minimum atomic E-state index is -0.561. The molecule has 2 atom stereocenters. The number of ether oxygens (including phenoxy) is 3.